The number of phosphoric acid groups is 2. The molecule has 0 bridgehead atoms. The van der Waals surface area contributed by atoms with Gasteiger partial charge in [0.25, 0.3) is 0 Å². The van der Waals surface area contributed by atoms with Gasteiger partial charge in [0.05, 0.1) is 26.4 Å². The Balaban J connectivity index is 5.25. The van der Waals surface area contributed by atoms with Crippen LogP contribution in [0.3, 0.4) is 0 Å². The second kappa shape index (κ2) is 63.5. The van der Waals surface area contributed by atoms with E-state index in [4.69, 9.17) is 37.0 Å². The van der Waals surface area contributed by atoms with Crippen LogP contribution in [0.5, 0.6) is 0 Å². The molecule has 0 heterocycles. The summed E-state index contributed by atoms with van der Waals surface area (Å²) in [4.78, 5) is 72.5. The molecule has 0 aromatic heterocycles. The van der Waals surface area contributed by atoms with E-state index in [1.54, 1.807) is 0 Å². The molecule has 3 unspecified atom stereocenters. The molecule has 0 aliphatic carbocycles. The fourth-order valence-corrected chi connectivity index (χ4v) is 12.2. The van der Waals surface area contributed by atoms with Gasteiger partial charge in [-0.1, -0.05) is 311 Å². The number of aliphatic hydroxyl groups excluding tert-OH is 1. The van der Waals surface area contributed by atoms with Crippen LogP contribution < -0.4 is 0 Å². The molecule has 0 radical (unpaired) electrons. The Labute approximate surface area is 543 Å². The SMILES string of the molecule is CCCCCCCCCCCCCCCCC(=O)OC[C@H](COP(=O)(O)OC[C@@H](O)COP(=O)(O)OC[C@@H](COC(=O)CCCCCCCCCCCC)OC(=O)CCCCCCCCCCCCC)OC(=O)CCCCCCCCCCCCC(C)CC. The third kappa shape index (κ3) is 63.2. The summed E-state index contributed by atoms with van der Waals surface area (Å²) in [6.07, 6.45) is 49.7. The van der Waals surface area contributed by atoms with Gasteiger partial charge in [-0.05, 0) is 31.6 Å². The zero-order chi connectivity index (χ0) is 65.6. The van der Waals surface area contributed by atoms with E-state index in [1.807, 2.05) is 0 Å². The Kier molecular flexibility index (Phi) is 62.1. The van der Waals surface area contributed by atoms with Crippen molar-refractivity contribution in [2.45, 2.75) is 380 Å². The molecule has 0 aliphatic heterocycles. The summed E-state index contributed by atoms with van der Waals surface area (Å²) < 4.78 is 68.3. The van der Waals surface area contributed by atoms with Crippen molar-refractivity contribution in [1.82, 2.24) is 0 Å². The zero-order valence-corrected chi connectivity index (χ0v) is 59.4. The highest BCUT2D eigenvalue weighted by Crippen LogP contribution is 2.45. The Morgan fingerprint density at radius 3 is 0.798 bits per heavy atom. The lowest BCUT2D eigenvalue weighted by atomic mass is 9.99. The van der Waals surface area contributed by atoms with Crippen LogP contribution in [0.2, 0.25) is 0 Å². The van der Waals surface area contributed by atoms with Crippen LogP contribution in [0, 0.1) is 5.92 Å². The number of carbonyl (C=O) groups excluding carboxylic acids is 4. The first-order chi connectivity index (χ1) is 43.1. The molecule has 0 rings (SSSR count). The number of hydrogen-bond acceptors (Lipinski definition) is 15. The fraction of sp³-hybridized carbons (Fsp3) is 0.943. The Hall–Kier alpha value is -1.94. The van der Waals surface area contributed by atoms with Crippen molar-refractivity contribution in [3.63, 3.8) is 0 Å². The molecule has 0 fully saturated rings. The van der Waals surface area contributed by atoms with E-state index in [0.29, 0.717) is 25.7 Å². The summed E-state index contributed by atoms with van der Waals surface area (Å²) in [6, 6.07) is 0. The first kappa shape index (κ1) is 87.1. The molecule has 0 aliphatic rings. The third-order valence-corrected chi connectivity index (χ3v) is 18.5. The maximum atomic E-state index is 13.0. The van der Waals surface area contributed by atoms with Crippen LogP contribution in [-0.2, 0) is 65.4 Å². The Bertz CT molecular complexity index is 1720. The fourth-order valence-electron chi connectivity index (χ4n) is 10.6. The minimum atomic E-state index is -4.95. The molecule has 528 valence electrons. The molecule has 17 nitrogen and oxygen atoms in total. The van der Waals surface area contributed by atoms with Crippen LogP contribution in [0.1, 0.15) is 362 Å². The predicted molar refractivity (Wildman–Crippen MR) is 358 cm³/mol. The molecule has 0 aromatic rings. The number of hydrogen-bond donors (Lipinski definition) is 3. The molecule has 0 amide bonds. The maximum Gasteiger partial charge on any atom is 0.472 e. The number of aliphatic hydroxyl groups is 1. The van der Waals surface area contributed by atoms with Crippen molar-refractivity contribution >= 4 is 39.5 Å². The molecule has 89 heavy (non-hydrogen) atoms. The van der Waals surface area contributed by atoms with E-state index in [0.717, 1.165) is 95.8 Å². The van der Waals surface area contributed by atoms with Crippen molar-refractivity contribution in [2.24, 2.45) is 5.92 Å². The van der Waals surface area contributed by atoms with Gasteiger partial charge in [0, 0.05) is 25.7 Å². The highest BCUT2D eigenvalue weighted by molar-refractivity contribution is 7.47. The van der Waals surface area contributed by atoms with Gasteiger partial charge in [-0.25, -0.2) is 9.13 Å². The van der Waals surface area contributed by atoms with Gasteiger partial charge in [-0.15, -0.1) is 0 Å². The van der Waals surface area contributed by atoms with Crippen molar-refractivity contribution in [3.05, 3.63) is 0 Å². The van der Waals surface area contributed by atoms with Gasteiger partial charge in [0.15, 0.2) is 12.2 Å². The monoisotopic (exact) mass is 1310 g/mol. The summed E-state index contributed by atoms with van der Waals surface area (Å²) >= 11 is 0. The molecule has 0 aromatic carbocycles. The molecular weight excluding hydrogens is 1170 g/mol. The van der Waals surface area contributed by atoms with E-state index in [9.17, 15) is 43.2 Å². The number of rotatable bonds is 70. The van der Waals surface area contributed by atoms with Crippen LogP contribution in [0.25, 0.3) is 0 Å². The van der Waals surface area contributed by atoms with Crippen LogP contribution in [0.4, 0.5) is 0 Å². The molecular formula is C70H136O17P2. The average Bonchev–Trinajstić information content (AvgIpc) is 3.70. The lowest BCUT2D eigenvalue weighted by Crippen LogP contribution is -2.30. The molecule has 0 saturated carbocycles. The van der Waals surface area contributed by atoms with E-state index in [1.165, 1.54) is 186 Å². The lowest BCUT2D eigenvalue weighted by Gasteiger charge is -2.21. The van der Waals surface area contributed by atoms with Crippen molar-refractivity contribution in [1.29, 1.82) is 0 Å². The second-order valence-corrected chi connectivity index (χ2v) is 28.4. The van der Waals surface area contributed by atoms with Gasteiger partial charge < -0.3 is 33.8 Å². The zero-order valence-electron chi connectivity index (χ0n) is 57.6. The standard InChI is InChI=1S/C70H136O17P2/c1-6-10-13-16-19-22-25-26-27-29-34-39-44-49-54-68(73)81-60-66(87-70(75)56-51-46-41-36-31-30-32-37-42-47-52-63(5)9-4)62-85-89(78,79)83-58-64(71)57-82-88(76,77)84-61-65(59-80-67(72)53-48-43-38-33-24-21-18-15-12-8-3)86-69(74)55-50-45-40-35-28-23-20-17-14-11-7-2/h63-66,71H,6-62H2,1-5H3,(H,76,77)(H,78,79)/t63?,64-,65+,66+/m0/s1. The summed E-state index contributed by atoms with van der Waals surface area (Å²) in [5.41, 5.74) is 0. The summed E-state index contributed by atoms with van der Waals surface area (Å²) in [7, 11) is -9.90. The number of phosphoric ester groups is 2. The topological polar surface area (TPSA) is 237 Å². The van der Waals surface area contributed by atoms with E-state index < -0.39 is 97.5 Å². The van der Waals surface area contributed by atoms with Gasteiger partial charge >= 0.3 is 39.5 Å². The van der Waals surface area contributed by atoms with E-state index in [2.05, 4.69) is 34.6 Å². The number of esters is 4. The van der Waals surface area contributed by atoms with Crippen LogP contribution in [0.15, 0.2) is 0 Å². The summed E-state index contributed by atoms with van der Waals surface area (Å²) in [5.74, 6) is -1.32. The smallest absolute Gasteiger partial charge is 0.462 e. The molecule has 6 atom stereocenters. The van der Waals surface area contributed by atoms with E-state index >= 15 is 0 Å². The summed E-state index contributed by atoms with van der Waals surface area (Å²) in [5, 5.41) is 10.6. The third-order valence-electron chi connectivity index (χ3n) is 16.6. The molecule has 0 spiro atoms. The molecule has 19 heteroatoms. The van der Waals surface area contributed by atoms with Gasteiger partial charge in [0.1, 0.15) is 19.3 Å². The highest BCUT2D eigenvalue weighted by Gasteiger charge is 2.30. The quantitative estimate of drug-likeness (QED) is 0.0222. The van der Waals surface area contributed by atoms with Crippen molar-refractivity contribution < 1.29 is 80.2 Å². The predicted octanol–water partition coefficient (Wildman–Crippen LogP) is 20.1. The first-order valence-corrected chi connectivity index (χ1v) is 39.7. The maximum absolute atomic E-state index is 13.0. The number of unbranched alkanes of at least 4 members (excludes halogenated alkanes) is 41. The van der Waals surface area contributed by atoms with Crippen molar-refractivity contribution in [2.75, 3.05) is 39.6 Å². The van der Waals surface area contributed by atoms with Crippen LogP contribution >= 0.6 is 15.6 Å². The normalized spacial score (nSPS) is 14.4. The van der Waals surface area contributed by atoms with Gasteiger partial charge in [-0.3, -0.25) is 37.3 Å². The van der Waals surface area contributed by atoms with Gasteiger partial charge in [0.2, 0.25) is 0 Å². The minimum absolute atomic E-state index is 0.107. The highest BCUT2D eigenvalue weighted by atomic mass is 31.2. The Morgan fingerprint density at radius 2 is 0.539 bits per heavy atom. The van der Waals surface area contributed by atoms with Gasteiger partial charge in [-0.2, -0.15) is 0 Å². The van der Waals surface area contributed by atoms with Crippen molar-refractivity contribution in [3.8, 4) is 0 Å². The average molecular weight is 1310 g/mol. The number of carbonyl (C=O) groups is 4. The van der Waals surface area contributed by atoms with E-state index in [-0.39, 0.29) is 25.7 Å². The second-order valence-electron chi connectivity index (χ2n) is 25.5. The largest absolute Gasteiger partial charge is 0.472 e. The summed E-state index contributed by atoms with van der Waals surface area (Å²) in [6.45, 7) is 7.27. The number of ether oxygens (including phenoxy) is 4. The lowest BCUT2D eigenvalue weighted by molar-refractivity contribution is -0.161. The van der Waals surface area contributed by atoms with Crippen LogP contribution in [-0.4, -0.2) is 96.7 Å². The Morgan fingerprint density at radius 1 is 0.315 bits per heavy atom. The first-order valence-electron chi connectivity index (χ1n) is 36.7. The minimum Gasteiger partial charge on any atom is -0.462 e. The molecule has 0 saturated heterocycles. The molecule has 3 N–H and O–H groups in total.